The lowest BCUT2D eigenvalue weighted by molar-refractivity contribution is 0.601. The number of nitrogens with zero attached hydrogens (tertiary/aromatic N) is 2. The SMILES string of the molecule is Cn1cc(S(=O)(=O)Nc2ccncc2Br)cc1CN. The zero-order chi connectivity index (χ0) is 14.0. The lowest BCUT2D eigenvalue weighted by Gasteiger charge is -2.07. The van der Waals surface area contributed by atoms with Crippen LogP contribution in [-0.4, -0.2) is 18.0 Å². The molecular formula is C11H13BrN4O2S. The van der Waals surface area contributed by atoms with Crippen molar-refractivity contribution in [3.05, 3.63) is 40.9 Å². The van der Waals surface area contributed by atoms with Gasteiger partial charge in [0, 0.05) is 37.9 Å². The summed E-state index contributed by atoms with van der Waals surface area (Å²) in [5.41, 5.74) is 6.71. The zero-order valence-electron chi connectivity index (χ0n) is 10.2. The largest absolute Gasteiger partial charge is 0.352 e. The predicted octanol–water partition coefficient (Wildman–Crippen LogP) is 1.44. The number of aromatic nitrogens is 2. The fourth-order valence-electron chi connectivity index (χ4n) is 1.59. The maximum Gasteiger partial charge on any atom is 0.263 e. The van der Waals surface area contributed by atoms with Gasteiger partial charge in [-0.05, 0) is 28.1 Å². The van der Waals surface area contributed by atoms with Crippen molar-refractivity contribution >= 4 is 31.6 Å². The van der Waals surface area contributed by atoms with E-state index in [2.05, 4.69) is 25.6 Å². The Bertz CT molecular complexity index is 696. The van der Waals surface area contributed by atoms with Gasteiger partial charge in [0.25, 0.3) is 10.0 Å². The van der Waals surface area contributed by atoms with E-state index >= 15 is 0 Å². The molecular weight excluding hydrogens is 332 g/mol. The summed E-state index contributed by atoms with van der Waals surface area (Å²) in [7, 11) is -1.88. The van der Waals surface area contributed by atoms with Crippen LogP contribution in [0.25, 0.3) is 0 Å². The van der Waals surface area contributed by atoms with E-state index in [9.17, 15) is 8.42 Å². The van der Waals surface area contributed by atoms with Gasteiger partial charge in [0.15, 0.2) is 0 Å². The van der Waals surface area contributed by atoms with Crippen LogP contribution < -0.4 is 10.5 Å². The van der Waals surface area contributed by atoms with E-state index in [0.29, 0.717) is 10.2 Å². The first-order valence-corrected chi connectivity index (χ1v) is 7.69. The fraction of sp³-hybridized carbons (Fsp3) is 0.182. The molecule has 102 valence electrons. The van der Waals surface area contributed by atoms with Gasteiger partial charge in [0.2, 0.25) is 0 Å². The molecule has 0 spiro atoms. The van der Waals surface area contributed by atoms with Crippen LogP contribution in [0.1, 0.15) is 5.69 Å². The number of hydrogen-bond donors (Lipinski definition) is 2. The number of nitrogens with two attached hydrogens (primary N) is 1. The van der Waals surface area contributed by atoms with Crippen LogP contribution in [0.2, 0.25) is 0 Å². The average Bonchev–Trinajstić information content (AvgIpc) is 2.74. The van der Waals surface area contributed by atoms with Crippen molar-refractivity contribution in [3.8, 4) is 0 Å². The van der Waals surface area contributed by atoms with Crippen molar-refractivity contribution in [1.29, 1.82) is 0 Å². The van der Waals surface area contributed by atoms with Crippen molar-refractivity contribution in [3.63, 3.8) is 0 Å². The Morgan fingerprint density at radius 2 is 2.26 bits per heavy atom. The molecule has 0 amide bonds. The summed E-state index contributed by atoms with van der Waals surface area (Å²) in [5.74, 6) is 0. The topological polar surface area (TPSA) is 90.0 Å². The normalized spacial score (nSPS) is 11.5. The maximum atomic E-state index is 12.2. The van der Waals surface area contributed by atoms with Crippen LogP contribution in [0.5, 0.6) is 0 Å². The molecule has 0 aliphatic rings. The first kappa shape index (κ1) is 14.0. The van der Waals surface area contributed by atoms with Crippen molar-refractivity contribution in [2.75, 3.05) is 4.72 Å². The molecule has 0 saturated heterocycles. The Kier molecular flexibility index (Phi) is 3.93. The minimum Gasteiger partial charge on any atom is -0.352 e. The second kappa shape index (κ2) is 5.32. The molecule has 0 unspecified atom stereocenters. The molecule has 0 aliphatic heterocycles. The standard InChI is InChI=1S/C11H13BrN4O2S/c1-16-7-9(4-8(16)5-13)19(17,18)15-11-2-3-14-6-10(11)12/h2-4,6-7H,5,13H2,1H3,(H,14,15). The smallest absolute Gasteiger partial charge is 0.263 e. The van der Waals surface area contributed by atoms with Gasteiger partial charge in [-0.3, -0.25) is 9.71 Å². The molecule has 0 bridgehead atoms. The third-order valence-corrected chi connectivity index (χ3v) is 4.58. The monoisotopic (exact) mass is 344 g/mol. The van der Waals surface area contributed by atoms with Gasteiger partial charge in [-0.1, -0.05) is 0 Å². The van der Waals surface area contributed by atoms with E-state index in [1.165, 1.54) is 18.6 Å². The Hall–Kier alpha value is -1.38. The summed E-state index contributed by atoms with van der Waals surface area (Å²) in [5, 5.41) is 0. The molecule has 0 saturated carbocycles. The number of sulfonamides is 1. The van der Waals surface area contributed by atoms with Gasteiger partial charge >= 0.3 is 0 Å². The van der Waals surface area contributed by atoms with Gasteiger partial charge < -0.3 is 10.3 Å². The molecule has 2 aromatic heterocycles. The first-order valence-electron chi connectivity index (χ1n) is 5.41. The second-order valence-electron chi connectivity index (χ2n) is 3.94. The molecule has 6 nitrogen and oxygen atoms in total. The number of aryl methyl sites for hydroxylation is 1. The molecule has 2 rings (SSSR count). The van der Waals surface area contributed by atoms with E-state index in [1.807, 2.05) is 0 Å². The predicted molar refractivity (Wildman–Crippen MR) is 76.0 cm³/mol. The summed E-state index contributed by atoms with van der Waals surface area (Å²) in [6, 6.07) is 3.13. The van der Waals surface area contributed by atoms with Gasteiger partial charge in [0.05, 0.1) is 10.2 Å². The summed E-state index contributed by atoms with van der Waals surface area (Å²) in [6.07, 6.45) is 4.56. The molecule has 2 aromatic rings. The third-order valence-electron chi connectivity index (χ3n) is 2.62. The average molecular weight is 345 g/mol. The molecule has 0 aromatic carbocycles. The molecule has 19 heavy (non-hydrogen) atoms. The maximum absolute atomic E-state index is 12.2. The minimum absolute atomic E-state index is 0.180. The highest BCUT2D eigenvalue weighted by molar-refractivity contribution is 9.10. The third kappa shape index (κ3) is 2.96. The summed E-state index contributed by atoms with van der Waals surface area (Å²) in [6.45, 7) is 0.283. The van der Waals surface area contributed by atoms with Crippen molar-refractivity contribution in [1.82, 2.24) is 9.55 Å². The molecule has 0 fully saturated rings. The second-order valence-corrected chi connectivity index (χ2v) is 6.48. The number of anilines is 1. The first-order chi connectivity index (χ1) is 8.94. The fourth-order valence-corrected chi connectivity index (χ4v) is 3.24. The van der Waals surface area contributed by atoms with E-state index < -0.39 is 10.0 Å². The van der Waals surface area contributed by atoms with Gasteiger partial charge in [-0.25, -0.2) is 8.42 Å². The summed E-state index contributed by atoms with van der Waals surface area (Å²) < 4.78 is 29.2. The number of nitrogens with one attached hydrogen (secondary N) is 1. The van der Waals surface area contributed by atoms with Crippen LogP contribution in [0.4, 0.5) is 5.69 Å². The zero-order valence-corrected chi connectivity index (χ0v) is 12.6. The van der Waals surface area contributed by atoms with Crippen molar-refractivity contribution in [2.45, 2.75) is 11.4 Å². The number of hydrogen-bond acceptors (Lipinski definition) is 4. The van der Waals surface area contributed by atoms with Gasteiger partial charge in [0.1, 0.15) is 4.90 Å². The van der Waals surface area contributed by atoms with E-state index in [1.54, 1.807) is 23.7 Å². The van der Waals surface area contributed by atoms with E-state index in [-0.39, 0.29) is 11.4 Å². The lowest BCUT2D eigenvalue weighted by Crippen LogP contribution is -2.12. The van der Waals surface area contributed by atoms with Crippen molar-refractivity contribution < 1.29 is 8.42 Å². The number of pyridine rings is 1. The molecule has 0 atom stereocenters. The quantitative estimate of drug-likeness (QED) is 0.877. The Morgan fingerprint density at radius 1 is 1.53 bits per heavy atom. The summed E-state index contributed by atoms with van der Waals surface area (Å²) >= 11 is 3.24. The van der Waals surface area contributed by atoms with Gasteiger partial charge in [-0.2, -0.15) is 0 Å². The Balaban J connectivity index is 2.35. The summed E-state index contributed by atoms with van der Waals surface area (Å²) in [4.78, 5) is 4.06. The number of halogens is 1. The molecule has 0 aliphatic carbocycles. The van der Waals surface area contributed by atoms with Crippen LogP contribution in [0, 0.1) is 0 Å². The Morgan fingerprint density at radius 3 is 2.84 bits per heavy atom. The molecule has 3 N–H and O–H groups in total. The lowest BCUT2D eigenvalue weighted by atomic mass is 10.4. The van der Waals surface area contributed by atoms with Crippen molar-refractivity contribution in [2.24, 2.45) is 12.8 Å². The van der Waals surface area contributed by atoms with Crippen LogP contribution in [-0.2, 0) is 23.6 Å². The van der Waals surface area contributed by atoms with Crippen LogP contribution in [0.3, 0.4) is 0 Å². The van der Waals surface area contributed by atoms with Crippen LogP contribution in [0.15, 0.2) is 40.1 Å². The van der Waals surface area contributed by atoms with E-state index in [0.717, 1.165) is 5.69 Å². The minimum atomic E-state index is -3.63. The highest BCUT2D eigenvalue weighted by Gasteiger charge is 2.18. The molecule has 0 radical (unpaired) electrons. The van der Waals surface area contributed by atoms with Gasteiger partial charge in [-0.15, -0.1) is 0 Å². The van der Waals surface area contributed by atoms with E-state index in [4.69, 9.17) is 5.73 Å². The Labute approximate surface area is 119 Å². The van der Waals surface area contributed by atoms with Crippen LogP contribution >= 0.6 is 15.9 Å². The highest BCUT2D eigenvalue weighted by Crippen LogP contribution is 2.24. The highest BCUT2D eigenvalue weighted by atomic mass is 79.9. The molecule has 8 heteroatoms. The molecule has 2 heterocycles. The number of rotatable bonds is 4.